The number of likely N-dealkylation sites (N-methyl/N-ethyl adjacent to an activating group) is 1. The van der Waals surface area contributed by atoms with E-state index in [1.807, 2.05) is 4.90 Å². The zero-order valence-electron chi connectivity index (χ0n) is 17.3. The molecule has 5 nitrogen and oxygen atoms in total. The Hall–Kier alpha value is -1.59. The minimum absolute atomic E-state index is 0.0822. The van der Waals surface area contributed by atoms with Crippen molar-refractivity contribution in [3.63, 3.8) is 0 Å². The van der Waals surface area contributed by atoms with Gasteiger partial charge in [0.15, 0.2) is 0 Å². The van der Waals surface area contributed by atoms with Crippen LogP contribution in [-0.4, -0.2) is 73.6 Å². The molecule has 2 amide bonds. The molecule has 27 heavy (non-hydrogen) atoms. The minimum atomic E-state index is 0.0822. The number of urea groups is 1. The van der Waals surface area contributed by atoms with Gasteiger partial charge in [-0.2, -0.15) is 0 Å². The molecule has 5 heteroatoms. The van der Waals surface area contributed by atoms with Gasteiger partial charge < -0.3 is 15.1 Å². The first-order valence-electron chi connectivity index (χ1n) is 10.5. The third kappa shape index (κ3) is 5.23. The molecule has 150 valence electrons. The van der Waals surface area contributed by atoms with Crippen LogP contribution in [0.15, 0.2) is 24.3 Å². The molecule has 2 aliphatic rings. The Morgan fingerprint density at radius 3 is 2.41 bits per heavy atom. The van der Waals surface area contributed by atoms with E-state index in [4.69, 9.17) is 0 Å². The minimum Gasteiger partial charge on any atom is -0.336 e. The Morgan fingerprint density at radius 1 is 1.11 bits per heavy atom. The zero-order valence-corrected chi connectivity index (χ0v) is 17.3. The molecule has 1 unspecified atom stereocenters. The van der Waals surface area contributed by atoms with Crippen molar-refractivity contribution in [3.05, 3.63) is 35.4 Å². The fourth-order valence-electron chi connectivity index (χ4n) is 4.56. The largest absolute Gasteiger partial charge is 0.336 e. The van der Waals surface area contributed by atoms with E-state index in [2.05, 4.69) is 60.4 Å². The fourth-order valence-corrected chi connectivity index (χ4v) is 4.56. The van der Waals surface area contributed by atoms with Crippen LogP contribution in [0.5, 0.6) is 0 Å². The van der Waals surface area contributed by atoms with Crippen LogP contribution < -0.4 is 5.32 Å². The molecule has 1 atom stereocenters. The summed E-state index contributed by atoms with van der Waals surface area (Å²) in [6.07, 6.45) is 6.82. The van der Waals surface area contributed by atoms with Crippen molar-refractivity contribution < 1.29 is 4.79 Å². The Labute approximate surface area is 164 Å². The lowest BCUT2D eigenvalue weighted by Gasteiger charge is -2.40. The summed E-state index contributed by atoms with van der Waals surface area (Å²) in [4.78, 5) is 19.5. The molecule has 1 aliphatic carbocycles. The van der Waals surface area contributed by atoms with Crippen molar-refractivity contribution in [1.82, 2.24) is 20.0 Å². The number of benzene rings is 1. The molecular formula is C22H36N4O. The first-order valence-corrected chi connectivity index (χ1v) is 10.5. The summed E-state index contributed by atoms with van der Waals surface area (Å²) >= 11 is 0. The second-order valence-electron chi connectivity index (χ2n) is 8.34. The van der Waals surface area contributed by atoms with Crippen LogP contribution >= 0.6 is 0 Å². The lowest BCUT2D eigenvalue weighted by atomic mass is 9.94. The van der Waals surface area contributed by atoms with Gasteiger partial charge in [-0.1, -0.05) is 43.5 Å². The van der Waals surface area contributed by atoms with E-state index in [-0.39, 0.29) is 12.1 Å². The van der Waals surface area contributed by atoms with Crippen LogP contribution in [-0.2, 0) is 0 Å². The van der Waals surface area contributed by atoms with E-state index in [1.165, 1.54) is 43.2 Å². The number of amides is 2. The van der Waals surface area contributed by atoms with Crippen molar-refractivity contribution in [1.29, 1.82) is 0 Å². The van der Waals surface area contributed by atoms with Crippen LogP contribution in [0.3, 0.4) is 0 Å². The van der Waals surface area contributed by atoms with E-state index >= 15 is 0 Å². The molecule has 1 saturated heterocycles. The highest BCUT2D eigenvalue weighted by atomic mass is 16.2. The van der Waals surface area contributed by atoms with E-state index < -0.39 is 0 Å². The van der Waals surface area contributed by atoms with Crippen molar-refractivity contribution in [2.45, 2.75) is 51.1 Å². The average molecular weight is 373 g/mol. The van der Waals surface area contributed by atoms with Crippen molar-refractivity contribution >= 4 is 6.03 Å². The second kappa shape index (κ2) is 9.56. The lowest BCUT2D eigenvalue weighted by Crippen LogP contribution is -2.55. The molecule has 0 spiro atoms. The topological polar surface area (TPSA) is 38.8 Å². The van der Waals surface area contributed by atoms with E-state index in [0.717, 1.165) is 32.2 Å². The molecule has 1 aromatic rings. The van der Waals surface area contributed by atoms with Crippen LogP contribution in [0.2, 0.25) is 0 Å². The summed E-state index contributed by atoms with van der Waals surface area (Å²) in [5, 5.41) is 3.18. The lowest BCUT2D eigenvalue weighted by molar-refractivity contribution is 0.0900. The van der Waals surface area contributed by atoms with E-state index in [0.29, 0.717) is 6.54 Å². The number of piperazine rings is 1. The number of carbonyl (C=O) groups is 1. The molecule has 1 aliphatic heterocycles. The third-order valence-corrected chi connectivity index (χ3v) is 6.31. The summed E-state index contributed by atoms with van der Waals surface area (Å²) in [6, 6.07) is 9.47. The molecule has 2 fully saturated rings. The first kappa shape index (κ1) is 20.2. The quantitative estimate of drug-likeness (QED) is 0.862. The molecule has 1 aromatic carbocycles. The van der Waals surface area contributed by atoms with Gasteiger partial charge in [0.25, 0.3) is 0 Å². The summed E-state index contributed by atoms with van der Waals surface area (Å²) < 4.78 is 0. The molecule has 0 radical (unpaired) electrons. The van der Waals surface area contributed by atoms with Crippen LogP contribution in [0.1, 0.15) is 49.3 Å². The standard InChI is InChI=1S/C22H36N4O/c1-18-9-7-8-12-20(18)21(24(2)3)17-23-22(27)26-15-13-25(14-16-26)19-10-5-4-6-11-19/h7-9,12,19,21H,4-6,10-11,13-17H2,1-3H3,(H,23,27). The smallest absolute Gasteiger partial charge is 0.317 e. The van der Waals surface area contributed by atoms with Gasteiger partial charge in [-0.15, -0.1) is 0 Å². The second-order valence-corrected chi connectivity index (χ2v) is 8.34. The van der Waals surface area contributed by atoms with Crippen LogP contribution in [0, 0.1) is 6.92 Å². The highest BCUT2D eigenvalue weighted by Crippen LogP contribution is 2.24. The van der Waals surface area contributed by atoms with Gasteiger partial charge in [0.1, 0.15) is 0 Å². The average Bonchev–Trinajstić information content (AvgIpc) is 2.70. The van der Waals surface area contributed by atoms with Crippen molar-refractivity contribution in [3.8, 4) is 0 Å². The van der Waals surface area contributed by atoms with Gasteiger partial charge in [-0.05, 0) is 45.0 Å². The van der Waals surface area contributed by atoms with E-state index in [9.17, 15) is 4.79 Å². The Bertz CT molecular complexity index is 604. The summed E-state index contributed by atoms with van der Waals surface area (Å²) in [5.41, 5.74) is 2.55. The van der Waals surface area contributed by atoms with Crippen LogP contribution in [0.4, 0.5) is 4.79 Å². The molecule has 1 N–H and O–H groups in total. The molecule has 3 rings (SSSR count). The number of carbonyl (C=O) groups excluding carboxylic acids is 1. The number of nitrogens with zero attached hydrogens (tertiary/aromatic N) is 3. The highest BCUT2D eigenvalue weighted by Gasteiger charge is 2.27. The highest BCUT2D eigenvalue weighted by molar-refractivity contribution is 5.74. The van der Waals surface area contributed by atoms with E-state index in [1.54, 1.807) is 0 Å². The van der Waals surface area contributed by atoms with Gasteiger partial charge in [0, 0.05) is 38.8 Å². The molecule has 0 bridgehead atoms. The maximum Gasteiger partial charge on any atom is 0.317 e. The number of hydrogen-bond donors (Lipinski definition) is 1. The predicted octanol–water partition coefficient (Wildman–Crippen LogP) is 3.26. The monoisotopic (exact) mass is 372 g/mol. The van der Waals surface area contributed by atoms with Gasteiger partial charge in [-0.25, -0.2) is 4.79 Å². The van der Waals surface area contributed by atoms with Crippen LogP contribution in [0.25, 0.3) is 0 Å². The zero-order chi connectivity index (χ0) is 19.2. The van der Waals surface area contributed by atoms with Crippen molar-refractivity contribution in [2.75, 3.05) is 46.8 Å². The molecule has 0 aromatic heterocycles. The third-order valence-electron chi connectivity index (χ3n) is 6.31. The maximum absolute atomic E-state index is 12.7. The summed E-state index contributed by atoms with van der Waals surface area (Å²) in [6.45, 7) is 6.51. The fraction of sp³-hybridized carbons (Fsp3) is 0.682. The maximum atomic E-state index is 12.7. The normalized spacial score (nSPS) is 20.7. The molecular weight excluding hydrogens is 336 g/mol. The number of nitrogens with one attached hydrogen (secondary N) is 1. The number of hydrogen-bond acceptors (Lipinski definition) is 3. The molecule has 1 saturated carbocycles. The molecule has 1 heterocycles. The van der Waals surface area contributed by atoms with Gasteiger partial charge in [0.2, 0.25) is 0 Å². The van der Waals surface area contributed by atoms with Crippen molar-refractivity contribution in [2.24, 2.45) is 0 Å². The Kier molecular flexibility index (Phi) is 7.13. The van der Waals surface area contributed by atoms with Gasteiger partial charge >= 0.3 is 6.03 Å². The first-order chi connectivity index (χ1) is 13.1. The Morgan fingerprint density at radius 2 is 1.78 bits per heavy atom. The SMILES string of the molecule is Cc1ccccc1C(CNC(=O)N1CCN(C2CCCCC2)CC1)N(C)C. The summed E-state index contributed by atoms with van der Waals surface area (Å²) in [5.74, 6) is 0. The van der Waals surface area contributed by atoms with Gasteiger partial charge in [0.05, 0.1) is 6.04 Å². The predicted molar refractivity (Wildman–Crippen MR) is 111 cm³/mol. The Balaban J connectivity index is 1.49. The number of aryl methyl sites for hydroxylation is 1. The summed E-state index contributed by atoms with van der Waals surface area (Å²) in [7, 11) is 4.15. The van der Waals surface area contributed by atoms with Gasteiger partial charge in [-0.3, -0.25) is 4.90 Å². The number of rotatable bonds is 5.